The number of benzene rings is 4. The van der Waals surface area contributed by atoms with E-state index in [4.69, 9.17) is 23.2 Å². The zero-order valence-electron chi connectivity index (χ0n) is 20.4. The van der Waals surface area contributed by atoms with Crippen molar-refractivity contribution in [3.63, 3.8) is 0 Å². The summed E-state index contributed by atoms with van der Waals surface area (Å²) in [6.45, 7) is 1.98. The van der Waals surface area contributed by atoms with Crippen LogP contribution in [-0.2, 0) is 16.6 Å². The summed E-state index contributed by atoms with van der Waals surface area (Å²) >= 11 is 12.6. The van der Waals surface area contributed by atoms with Crippen LogP contribution in [0.5, 0.6) is 0 Å². The van der Waals surface area contributed by atoms with Crippen LogP contribution in [0.25, 0.3) is 0 Å². The molecule has 1 N–H and O–H groups in total. The van der Waals surface area contributed by atoms with Gasteiger partial charge in [-0.1, -0.05) is 89.4 Å². The topological polar surface area (TPSA) is 66.5 Å². The summed E-state index contributed by atoms with van der Waals surface area (Å²) in [6.07, 6.45) is 1.12. The molecule has 0 aliphatic carbocycles. The summed E-state index contributed by atoms with van der Waals surface area (Å²) < 4.78 is 26.5. The SMILES string of the molecule is Cc1ccc([C@@H](NC(=O)c2ccc(N(Cc3c(Cl)cccc3Cl)S(C)(=O)=O)cc2)c2ccccc2)cc1. The lowest BCUT2D eigenvalue weighted by atomic mass is 9.97. The van der Waals surface area contributed by atoms with Gasteiger partial charge in [0.05, 0.1) is 24.5 Å². The number of aryl methyl sites for hydroxylation is 1. The standard InChI is InChI=1S/C29H26Cl2N2O3S/c1-20-11-13-22(14-12-20)28(21-7-4-3-5-8-21)32-29(34)23-15-17-24(18-16-23)33(37(2,35)36)19-25-26(30)9-6-10-27(25)31/h3-18,28H,19H2,1-2H3,(H,32,34)/t28-/m0/s1. The monoisotopic (exact) mass is 552 g/mol. The fourth-order valence-electron chi connectivity index (χ4n) is 3.98. The van der Waals surface area contributed by atoms with E-state index in [1.165, 1.54) is 4.31 Å². The lowest BCUT2D eigenvalue weighted by Gasteiger charge is -2.24. The zero-order valence-corrected chi connectivity index (χ0v) is 22.7. The van der Waals surface area contributed by atoms with Crippen LogP contribution in [-0.4, -0.2) is 20.6 Å². The number of anilines is 1. The normalized spacial score (nSPS) is 12.1. The number of hydrogen-bond acceptors (Lipinski definition) is 3. The first-order chi connectivity index (χ1) is 17.6. The van der Waals surface area contributed by atoms with Gasteiger partial charge >= 0.3 is 0 Å². The molecule has 4 aromatic carbocycles. The van der Waals surface area contributed by atoms with Crippen LogP contribution in [0.15, 0.2) is 97.1 Å². The van der Waals surface area contributed by atoms with Gasteiger partial charge in [0.2, 0.25) is 10.0 Å². The number of carbonyl (C=O) groups is 1. The Balaban J connectivity index is 1.60. The average molecular weight is 554 g/mol. The van der Waals surface area contributed by atoms with E-state index in [-0.39, 0.29) is 18.5 Å². The first-order valence-corrected chi connectivity index (χ1v) is 14.2. The summed E-state index contributed by atoms with van der Waals surface area (Å²) in [4.78, 5) is 13.2. The van der Waals surface area contributed by atoms with Crippen molar-refractivity contribution in [1.82, 2.24) is 5.32 Å². The minimum atomic E-state index is -3.66. The molecule has 8 heteroatoms. The van der Waals surface area contributed by atoms with E-state index < -0.39 is 10.0 Å². The maximum atomic E-state index is 13.2. The number of sulfonamides is 1. The first-order valence-electron chi connectivity index (χ1n) is 11.6. The van der Waals surface area contributed by atoms with Gasteiger partial charge < -0.3 is 5.32 Å². The second-order valence-electron chi connectivity index (χ2n) is 8.74. The number of nitrogens with zero attached hydrogens (tertiary/aromatic N) is 1. The number of nitrogens with one attached hydrogen (secondary N) is 1. The highest BCUT2D eigenvalue weighted by atomic mass is 35.5. The lowest BCUT2D eigenvalue weighted by molar-refractivity contribution is 0.0943. The van der Waals surface area contributed by atoms with Crippen LogP contribution in [0.1, 0.15) is 38.7 Å². The van der Waals surface area contributed by atoms with Crippen LogP contribution in [0.2, 0.25) is 10.0 Å². The molecule has 0 aliphatic rings. The molecule has 1 atom stereocenters. The van der Waals surface area contributed by atoms with Gasteiger partial charge in [-0.25, -0.2) is 8.42 Å². The summed E-state index contributed by atoms with van der Waals surface area (Å²) in [5.41, 5.74) is 4.35. The van der Waals surface area contributed by atoms with Gasteiger partial charge in [0.1, 0.15) is 0 Å². The van der Waals surface area contributed by atoms with E-state index in [2.05, 4.69) is 5.32 Å². The van der Waals surface area contributed by atoms with E-state index in [1.54, 1.807) is 42.5 Å². The van der Waals surface area contributed by atoms with E-state index in [9.17, 15) is 13.2 Å². The number of carbonyl (C=O) groups excluding carboxylic acids is 1. The Morgan fingerprint density at radius 3 is 1.95 bits per heavy atom. The smallest absolute Gasteiger partial charge is 0.252 e. The Kier molecular flexibility index (Phi) is 8.22. The highest BCUT2D eigenvalue weighted by Crippen LogP contribution is 2.30. The molecule has 37 heavy (non-hydrogen) atoms. The molecule has 0 bridgehead atoms. The predicted molar refractivity (Wildman–Crippen MR) is 151 cm³/mol. The Morgan fingerprint density at radius 2 is 1.38 bits per heavy atom. The van der Waals surface area contributed by atoms with Gasteiger partial charge in [-0.3, -0.25) is 9.10 Å². The van der Waals surface area contributed by atoms with Crippen molar-refractivity contribution in [3.8, 4) is 0 Å². The van der Waals surface area contributed by atoms with E-state index >= 15 is 0 Å². The molecule has 0 saturated heterocycles. The fourth-order valence-corrected chi connectivity index (χ4v) is 5.37. The number of halogens is 2. The molecule has 1 amide bonds. The van der Waals surface area contributed by atoms with Crippen LogP contribution < -0.4 is 9.62 Å². The van der Waals surface area contributed by atoms with E-state index in [1.807, 2.05) is 61.5 Å². The van der Waals surface area contributed by atoms with Crippen molar-refractivity contribution in [2.75, 3.05) is 10.6 Å². The third-order valence-electron chi connectivity index (χ3n) is 6.00. The van der Waals surface area contributed by atoms with Gasteiger partial charge in [-0.15, -0.1) is 0 Å². The van der Waals surface area contributed by atoms with E-state index in [0.717, 1.165) is 22.9 Å². The predicted octanol–water partition coefficient (Wildman–Crippen LogP) is 6.79. The van der Waals surface area contributed by atoms with E-state index in [0.29, 0.717) is 26.9 Å². The molecule has 0 saturated carbocycles. The van der Waals surface area contributed by atoms with Gasteiger partial charge in [-0.05, 0) is 54.4 Å². The first kappa shape index (κ1) is 26.7. The third-order valence-corrected chi connectivity index (χ3v) is 7.85. The third kappa shape index (κ3) is 6.52. The highest BCUT2D eigenvalue weighted by Gasteiger charge is 2.22. The molecule has 4 aromatic rings. The van der Waals surface area contributed by atoms with Crippen LogP contribution >= 0.6 is 23.2 Å². The van der Waals surface area contributed by atoms with Crippen molar-refractivity contribution < 1.29 is 13.2 Å². The van der Waals surface area contributed by atoms with Gasteiger partial charge in [-0.2, -0.15) is 0 Å². The van der Waals surface area contributed by atoms with Gasteiger partial charge in [0.15, 0.2) is 0 Å². The minimum Gasteiger partial charge on any atom is -0.341 e. The Bertz CT molecular complexity index is 1470. The number of rotatable bonds is 8. The molecule has 0 unspecified atom stereocenters. The molecule has 0 fully saturated rings. The van der Waals surface area contributed by atoms with Crippen molar-refractivity contribution in [2.24, 2.45) is 0 Å². The summed E-state index contributed by atoms with van der Waals surface area (Å²) in [5, 5.41) is 3.86. The Labute approximate surface area is 227 Å². The molecule has 0 aromatic heterocycles. The molecule has 0 heterocycles. The van der Waals surface area contributed by atoms with Gasteiger partial charge in [0.25, 0.3) is 5.91 Å². The molecular weight excluding hydrogens is 527 g/mol. The molecule has 0 radical (unpaired) electrons. The second-order valence-corrected chi connectivity index (χ2v) is 11.5. The molecule has 4 rings (SSSR count). The summed E-state index contributed by atoms with van der Waals surface area (Å²) in [7, 11) is -3.66. The maximum absolute atomic E-state index is 13.2. The minimum absolute atomic E-state index is 0.0353. The fraction of sp³-hybridized carbons (Fsp3) is 0.138. The van der Waals surface area contributed by atoms with Gasteiger partial charge in [0, 0.05) is 21.2 Å². The summed E-state index contributed by atoms with van der Waals surface area (Å²) in [6, 6.07) is 28.8. The van der Waals surface area contributed by atoms with Crippen molar-refractivity contribution in [3.05, 3.63) is 135 Å². The molecule has 0 aliphatic heterocycles. The maximum Gasteiger partial charge on any atom is 0.252 e. The molecule has 0 spiro atoms. The zero-order chi connectivity index (χ0) is 26.6. The van der Waals surface area contributed by atoms with Crippen molar-refractivity contribution in [2.45, 2.75) is 19.5 Å². The largest absolute Gasteiger partial charge is 0.341 e. The van der Waals surface area contributed by atoms with Crippen LogP contribution in [0.3, 0.4) is 0 Å². The molecule has 5 nitrogen and oxygen atoms in total. The van der Waals surface area contributed by atoms with Crippen molar-refractivity contribution >= 4 is 44.8 Å². The number of amides is 1. The second kappa shape index (κ2) is 11.4. The van der Waals surface area contributed by atoms with Crippen molar-refractivity contribution in [1.29, 1.82) is 0 Å². The number of hydrogen-bond donors (Lipinski definition) is 1. The summed E-state index contributed by atoms with van der Waals surface area (Å²) in [5.74, 6) is -0.277. The lowest BCUT2D eigenvalue weighted by Crippen LogP contribution is -2.30. The molecule has 190 valence electrons. The van der Waals surface area contributed by atoms with Crippen LogP contribution in [0.4, 0.5) is 5.69 Å². The molecular formula is C29H26Cl2N2O3S. The Hall–Kier alpha value is -3.32. The highest BCUT2D eigenvalue weighted by molar-refractivity contribution is 7.92. The Morgan fingerprint density at radius 1 is 0.811 bits per heavy atom. The quantitative estimate of drug-likeness (QED) is 0.261. The van der Waals surface area contributed by atoms with Crippen LogP contribution in [0, 0.1) is 6.92 Å². The average Bonchev–Trinajstić information content (AvgIpc) is 2.87.